The molecule has 1 saturated heterocycles. The molecule has 0 radical (unpaired) electrons. The van der Waals surface area contributed by atoms with Crippen molar-refractivity contribution in [3.05, 3.63) is 70.8 Å². The molecule has 0 amide bonds. The minimum Gasteiger partial charge on any atom is -0.299 e. The van der Waals surface area contributed by atoms with Gasteiger partial charge in [0, 0.05) is 26.2 Å². The second-order valence-electron chi connectivity index (χ2n) is 7.02. The molecule has 0 saturated carbocycles. The summed E-state index contributed by atoms with van der Waals surface area (Å²) in [4.78, 5) is 5.20. The predicted octanol–water partition coefficient (Wildman–Crippen LogP) is 4.19. The molecule has 2 heteroatoms. The lowest BCUT2D eigenvalue weighted by Crippen LogP contribution is -2.29. The van der Waals surface area contributed by atoms with Crippen LogP contribution in [0.2, 0.25) is 0 Å². The number of likely N-dealkylation sites (tertiary alicyclic amines) is 1. The molecule has 2 aliphatic heterocycles. The van der Waals surface area contributed by atoms with Gasteiger partial charge in [0.1, 0.15) is 0 Å². The van der Waals surface area contributed by atoms with Gasteiger partial charge >= 0.3 is 0 Å². The quantitative estimate of drug-likeness (QED) is 0.836. The van der Waals surface area contributed by atoms with Crippen LogP contribution in [0.15, 0.2) is 48.5 Å². The molecule has 0 spiro atoms. The minimum atomic E-state index is 1.07. The molecule has 0 aromatic heterocycles. The van der Waals surface area contributed by atoms with Crippen molar-refractivity contribution in [1.82, 2.24) is 9.80 Å². The highest BCUT2D eigenvalue weighted by molar-refractivity contribution is 5.32. The number of fused-ring (bicyclic) bond motifs is 1. The molecule has 4 rings (SSSR count). The van der Waals surface area contributed by atoms with Crippen molar-refractivity contribution < 1.29 is 0 Å². The molecule has 0 N–H and O–H groups in total. The van der Waals surface area contributed by atoms with Crippen LogP contribution in [-0.4, -0.2) is 22.9 Å². The third-order valence-corrected chi connectivity index (χ3v) is 5.26. The molecular weight excluding hydrogens is 280 g/mol. The lowest BCUT2D eigenvalue weighted by molar-refractivity contribution is 0.218. The summed E-state index contributed by atoms with van der Waals surface area (Å²) in [6, 6.07) is 17.9. The minimum absolute atomic E-state index is 1.07. The molecule has 0 aliphatic carbocycles. The first-order chi connectivity index (χ1) is 11.4. The van der Waals surface area contributed by atoms with Gasteiger partial charge in [-0.3, -0.25) is 9.80 Å². The number of rotatable bonds is 4. The van der Waals surface area contributed by atoms with Crippen LogP contribution < -0.4 is 0 Å². The van der Waals surface area contributed by atoms with Gasteiger partial charge in [-0.1, -0.05) is 55.0 Å². The van der Waals surface area contributed by atoms with E-state index in [2.05, 4.69) is 58.3 Å². The molecule has 23 heavy (non-hydrogen) atoms. The highest BCUT2D eigenvalue weighted by atomic mass is 15.1. The van der Waals surface area contributed by atoms with Gasteiger partial charge < -0.3 is 0 Å². The summed E-state index contributed by atoms with van der Waals surface area (Å²) in [5.74, 6) is 0. The summed E-state index contributed by atoms with van der Waals surface area (Å²) < 4.78 is 0. The molecule has 120 valence electrons. The van der Waals surface area contributed by atoms with Gasteiger partial charge in [-0.15, -0.1) is 0 Å². The lowest BCUT2D eigenvalue weighted by Gasteiger charge is -2.28. The first kappa shape index (κ1) is 14.9. The van der Waals surface area contributed by atoms with E-state index < -0.39 is 0 Å². The summed E-state index contributed by atoms with van der Waals surface area (Å²) in [6.07, 6.45) is 4.14. The predicted molar refractivity (Wildman–Crippen MR) is 95.0 cm³/mol. The molecule has 2 heterocycles. The zero-order chi connectivity index (χ0) is 15.5. The zero-order valence-electron chi connectivity index (χ0n) is 13.9. The number of piperidine rings is 1. The first-order valence-corrected chi connectivity index (χ1v) is 8.97. The normalized spacial score (nSPS) is 19.0. The second kappa shape index (κ2) is 6.86. The Morgan fingerprint density at radius 2 is 1.13 bits per heavy atom. The van der Waals surface area contributed by atoms with Gasteiger partial charge in [-0.05, 0) is 48.2 Å². The van der Waals surface area contributed by atoms with E-state index in [0.29, 0.717) is 0 Å². The molecule has 2 nitrogen and oxygen atoms in total. The van der Waals surface area contributed by atoms with E-state index in [4.69, 9.17) is 0 Å². The molecule has 0 bridgehead atoms. The summed E-state index contributed by atoms with van der Waals surface area (Å²) in [5, 5.41) is 0. The molecule has 2 aromatic rings. The Morgan fingerprint density at radius 3 is 1.74 bits per heavy atom. The smallest absolute Gasteiger partial charge is 0.0244 e. The van der Waals surface area contributed by atoms with Crippen LogP contribution in [0.1, 0.15) is 41.5 Å². The van der Waals surface area contributed by atoms with E-state index >= 15 is 0 Å². The fourth-order valence-electron chi connectivity index (χ4n) is 3.98. The van der Waals surface area contributed by atoms with Gasteiger partial charge in [0.15, 0.2) is 0 Å². The van der Waals surface area contributed by atoms with Gasteiger partial charge in [-0.25, -0.2) is 0 Å². The third kappa shape index (κ3) is 3.49. The van der Waals surface area contributed by atoms with Crippen molar-refractivity contribution in [1.29, 1.82) is 0 Å². The fraction of sp³-hybridized carbons (Fsp3) is 0.429. The lowest BCUT2D eigenvalue weighted by atomic mass is 10.0. The van der Waals surface area contributed by atoms with Crippen molar-refractivity contribution in [3.63, 3.8) is 0 Å². The Morgan fingerprint density at radius 1 is 0.609 bits per heavy atom. The standard InChI is InChI=1S/C21H26N2/c1-6-12-22(13-7-1)14-18-8-2-3-9-19(18)15-23-16-20-10-4-5-11-21(20)17-23/h2-5,8-11H,1,6-7,12-17H2. The van der Waals surface area contributed by atoms with Crippen LogP contribution >= 0.6 is 0 Å². The SMILES string of the molecule is c1ccc(CN2Cc3ccccc3C2)c(CN2CCCCC2)c1. The Bertz CT molecular complexity index is 633. The van der Waals surface area contributed by atoms with Crippen molar-refractivity contribution in [2.45, 2.75) is 45.4 Å². The van der Waals surface area contributed by atoms with Crippen molar-refractivity contribution in [2.24, 2.45) is 0 Å². The summed E-state index contributed by atoms with van der Waals surface area (Å²) >= 11 is 0. The number of hydrogen-bond donors (Lipinski definition) is 0. The summed E-state index contributed by atoms with van der Waals surface area (Å²) in [6.45, 7) is 6.91. The van der Waals surface area contributed by atoms with Crippen molar-refractivity contribution >= 4 is 0 Å². The van der Waals surface area contributed by atoms with Crippen LogP contribution in [-0.2, 0) is 26.2 Å². The van der Waals surface area contributed by atoms with E-state index in [-0.39, 0.29) is 0 Å². The average Bonchev–Trinajstić information content (AvgIpc) is 3.00. The molecule has 1 fully saturated rings. The van der Waals surface area contributed by atoms with Gasteiger partial charge in [0.2, 0.25) is 0 Å². The zero-order valence-corrected chi connectivity index (χ0v) is 13.9. The maximum absolute atomic E-state index is 2.63. The van der Waals surface area contributed by atoms with Gasteiger partial charge in [-0.2, -0.15) is 0 Å². The first-order valence-electron chi connectivity index (χ1n) is 8.97. The van der Waals surface area contributed by atoms with E-state index in [0.717, 1.165) is 26.2 Å². The molecular formula is C21H26N2. The maximum Gasteiger partial charge on any atom is 0.0244 e. The number of nitrogens with zero attached hydrogens (tertiary/aromatic N) is 2. The topological polar surface area (TPSA) is 6.48 Å². The van der Waals surface area contributed by atoms with Crippen molar-refractivity contribution in [2.75, 3.05) is 13.1 Å². The van der Waals surface area contributed by atoms with Crippen molar-refractivity contribution in [3.8, 4) is 0 Å². The van der Waals surface area contributed by atoms with Crippen LogP contribution in [0.4, 0.5) is 0 Å². The van der Waals surface area contributed by atoms with Crippen LogP contribution in [0.3, 0.4) is 0 Å². The van der Waals surface area contributed by atoms with E-state index in [1.54, 1.807) is 0 Å². The highest BCUT2D eigenvalue weighted by Crippen LogP contribution is 2.25. The Kier molecular flexibility index (Phi) is 4.45. The Labute approximate surface area is 139 Å². The van der Waals surface area contributed by atoms with Crippen LogP contribution in [0, 0.1) is 0 Å². The molecule has 2 aromatic carbocycles. The van der Waals surface area contributed by atoms with E-state index in [9.17, 15) is 0 Å². The Balaban J connectivity index is 1.45. The molecule has 2 aliphatic rings. The highest BCUT2D eigenvalue weighted by Gasteiger charge is 2.19. The van der Waals surface area contributed by atoms with Gasteiger partial charge in [0.25, 0.3) is 0 Å². The van der Waals surface area contributed by atoms with E-state index in [1.165, 1.54) is 54.6 Å². The van der Waals surface area contributed by atoms with Crippen LogP contribution in [0.5, 0.6) is 0 Å². The number of benzene rings is 2. The molecule has 0 atom stereocenters. The largest absolute Gasteiger partial charge is 0.299 e. The van der Waals surface area contributed by atoms with E-state index in [1.807, 2.05) is 0 Å². The third-order valence-electron chi connectivity index (χ3n) is 5.26. The molecule has 0 unspecified atom stereocenters. The van der Waals surface area contributed by atoms with Gasteiger partial charge in [0.05, 0.1) is 0 Å². The Hall–Kier alpha value is -1.64. The number of hydrogen-bond acceptors (Lipinski definition) is 2. The maximum atomic E-state index is 2.63. The summed E-state index contributed by atoms with van der Waals surface area (Å²) in [5.41, 5.74) is 6.03. The average molecular weight is 306 g/mol. The fourth-order valence-corrected chi connectivity index (χ4v) is 3.98. The summed E-state index contributed by atoms with van der Waals surface area (Å²) in [7, 11) is 0. The monoisotopic (exact) mass is 306 g/mol. The van der Waals surface area contributed by atoms with Crippen LogP contribution in [0.25, 0.3) is 0 Å². The second-order valence-corrected chi connectivity index (χ2v) is 7.02.